The Bertz CT molecular complexity index is 29.8. The van der Waals surface area contributed by atoms with Gasteiger partial charge in [0.15, 0.2) is 0 Å². The monoisotopic (exact) mass is 362 g/mol. The zero-order valence-corrected chi connectivity index (χ0v) is 12.2. The SMILES string of the molecule is Br.Br.Br.CC(C)CO.[Ti]. The third-order valence-corrected chi connectivity index (χ3v) is 0.365. The Hall–Kier alpha value is 2.11. The summed E-state index contributed by atoms with van der Waals surface area (Å²) < 4.78 is 0. The molecular formula is C4H13Br3OTi. The van der Waals surface area contributed by atoms with Gasteiger partial charge in [0.25, 0.3) is 0 Å². The van der Waals surface area contributed by atoms with Gasteiger partial charge in [0.1, 0.15) is 0 Å². The molecule has 0 unspecified atom stereocenters. The largest absolute Gasteiger partial charge is 0.396 e. The smallest absolute Gasteiger partial charge is 0.0453 e. The molecule has 0 amide bonds. The second-order valence-corrected chi connectivity index (χ2v) is 1.58. The van der Waals surface area contributed by atoms with Crippen molar-refractivity contribution in [2.24, 2.45) is 5.92 Å². The molecule has 0 atom stereocenters. The molecule has 0 bridgehead atoms. The zero-order valence-electron chi connectivity index (χ0n) is 5.46. The van der Waals surface area contributed by atoms with Gasteiger partial charge in [-0.05, 0) is 5.92 Å². The van der Waals surface area contributed by atoms with Gasteiger partial charge < -0.3 is 5.11 Å². The molecule has 0 saturated heterocycles. The van der Waals surface area contributed by atoms with Gasteiger partial charge in [0.05, 0.1) is 0 Å². The molecule has 0 heterocycles. The number of rotatable bonds is 1. The van der Waals surface area contributed by atoms with Gasteiger partial charge >= 0.3 is 0 Å². The van der Waals surface area contributed by atoms with E-state index in [2.05, 4.69) is 0 Å². The van der Waals surface area contributed by atoms with Crippen molar-refractivity contribution in [3.05, 3.63) is 0 Å². The topological polar surface area (TPSA) is 20.2 Å². The minimum Gasteiger partial charge on any atom is -0.396 e. The molecule has 0 fully saturated rings. The molecule has 0 aliphatic rings. The molecule has 60 valence electrons. The first kappa shape index (κ1) is 30.4. The van der Waals surface area contributed by atoms with Crippen molar-refractivity contribution in [2.75, 3.05) is 6.61 Å². The first-order valence-corrected chi connectivity index (χ1v) is 1.88. The summed E-state index contributed by atoms with van der Waals surface area (Å²) in [4.78, 5) is 0. The van der Waals surface area contributed by atoms with Crippen LogP contribution in [-0.4, -0.2) is 11.7 Å². The predicted molar refractivity (Wildman–Crippen MR) is 52.9 cm³/mol. The minimum absolute atomic E-state index is 0. The van der Waals surface area contributed by atoms with E-state index in [-0.39, 0.29) is 72.7 Å². The van der Waals surface area contributed by atoms with Gasteiger partial charge in [0.2, 0.25) is 0 Å². The Morgan fingerprint density at radius 3 is 1.22 bits per heavy atom. The Morgan fingerprint density at radius 2 is 1.22 bits per heavy atom. The van der Waals surface area contributed by atoms with E-state index in [0.29, 0.717) is 12.5 Å². The molecule has 9 heavy (non-hydrogen) atoms. The summed E-state index contributed by atoms with van der Waals surface area (Å²) >= 11 is 0. The molecule has 0 aromatic heterocycles. The molecule has 0 aromatic rings. The fourth-order valence-corrected chi connectivity index (χ4v) is 0. The summed E-state index contributed by atoms with van der Waals surface area (Å²) in [5.41, 5.74) is 0. The van der Waals surface area contributed by atoms with E-state index < -0.39 is 0 Å². The summed E-state index contributed by atoms with van der Waals surface area (Å²) in [5, 5.41) is 8.14. The van der Waals surface area contributed by atoms with E-state index in [1.165, 1.54) is 0 Å². The maximum absolute atomic E-state index is 8.14. The normalized spacial score (nSPS) is 5.33. The van der Waals surface area contributed by atoms with Crippen molar-refractivity contribution < 1.29 is 26.8 Å². The molecule has 0 aromatic carbocycles. The Balaban J connectivity index is -0.0000000133. The van der Waals surface area contributed by atoms with Gasteiger partial charge in [-0.3, -0.25) is 0 Å². The van der Waals surface area contributed by atoms with Crippen LogP contribution in [0.25, 0.3) is 0 Å². The van der Waals surface area contributed by atoms with E-state index in [9.17, 15) is 0 Å². The van der Waals surface area contributed by atoms with Crippen LogP contribution in [0.5, 0.6) is 0 Å². The molecule has 0 spiro atoms. The summed E-state index contributed by atoms with van der Waals surface area (Å²) in [6, 6.07) is 0. The third kappa shape index (κ3) is 39.3. The predicted octanol–water partition coefficient (Wildman–Crippen LogP) is 2.37. The average molecular weight is 365 g/mol. The van der Waals surface area contributed by atoms with Crippen molar-refractivity contribution in [3.63, 3.8) is 0 Å². The Labute approximate surface area is 103 Å². The van der Waals surface area contributed by atoms with E-state index >= 15 is 0 Å². The fourth-order valence-electron chi connectivity index (χ4n) is 0. The molecule has 0 rings (SSSR count). The van der Waals surface area contributed by atoms with E-state index in [1.807, 2.05) is 13.8 Å². The quantitative estimate of drug-likeness (QED) is 0.708. The summed E-state index contributed by atoms with van der Waals surface area (Å²) in [5.74, 6) is 0.440. The van der Waals surface area contributed by atoms with Crippen LogP contribution in [-0.2, 0) is 21.7 Å². The second kappa shape index (κ2) is 22.5. The van der Waals surface area contributed by atoms with E-state index in [4.69, 9.17) is 5.11 Å². The van der Waals surface area contributed by atoms with Crippen LogP contribution in [0.1, 0.15) is 13.8 Å². The van der Waals surface area contributed by atoms with Crippen LogP contribution < -0.4 is 0 Å². The number of halogens is 3. The second-order valence-electron chi connectivity index (χ2n) is 1.58. The van der Waals surface area contributed by atoms with Crippen molar-refractivity contribution in [3.8, 4) is 0 Å². The Kier molecular flexibility index (Phi) is 75.9. The number of aliphatic hydroxyl groups is 1. The van der Waals surface area contributed by atoms with Crippen molar-refractivity contribution in [1.82, 2.24) is 0 Å². The molecular weight excluding hydrogens is 352 g/mol. The molecule has 1 N–H and O–H groups in total. The molecule has 0 aliphatic carbocycles. The van der Waals surface area contributed by atoms with E-state index in [1.54, 1.807) is 0 Å². The van der Waals surface area contributed by atoms with Crippen LogP contribution in [0.3, 0.4) is 0 Å². The van der Waals surface area contributed by atoms with Crippen molar-refractivity contribution >= 4 is 50.9 Å². The summed E-state index contributed by atoms with van der Waals surface area (Å²) in [7, 11) is 0. The molecule has 0 saturated carbocycles. The van der Waals surface area contributed by atoms with Crippen molar-refractivity contribution in [2.45, 2.75) is 13.8 Å². The summed E-state index contributed by atoms with van der Waals surface area (Å²) in [6.07, 6.45) is 0. The minimum atomic E-state index is 0. The number of hydrogen-bond acceptors (Lipinski definition) is 1. The first-order valence-electron chi connectivity index (χ1n) is 1.88. The van der Waals surface area contributed by atoms with Crippen LogP contribution in [0.15, 0.2) is 0 Å². The van der Waals surface area contributed by atoms with Gasteiger partial charge in [-0.15, -0.1) is 50.9 Å². The molecule has 5 heteroatoms. The first-order chi connectivity index (χ1) is 2.27. The number of aliphatic hydroxyl groups excluding tert-OH is 1. The average Bonchev–Trinajstić information content (AvgIpc) is 1.38. The molecule has 0 radical (unpaired) electrons. The van der Waals surface area contributed by atoms with Gasteiger partial charge in [-0.2, -0.15) is 0 Å². The fraction of sp³-hybridized carbons (Fsp3) is 1.00. The van der Waals surface area contributed by atoms with Crippen LogP contribution in [0.2, 0.25) is 0 Å². The van der Waals surface area contributed by atoms with Gasteiger partial charge in [0, 0.05) is 28.3 Å². The Morgan fingerprint density at radius 1 is 1.11 bits per heavy atom. The van der Waals surface area contributed by atoms with Gasteiger partial charge in [-0.25, -0.2) is 0 Å². The molecule has 1 nitrogen and oxygen atoms in total. The summed E-state index contributed by atoms with van der Waals surface area (Å²) in [6.45, 7) is 4.25. The maximum Gasteiger partial charge on any atom is 0.0453 e. The van der Waals surface area contributed by atoms with Crippen LogP contribution in [0, 0.1) is 5.92 Å². The number of hydrogen-bond donors (Lipinski definition) is 1. The molecule has 0 aliphatic heterocycles. The van der Waals surface area contributed by atoms with Gasteiger partial charge in [-0.1, -0.05) is 13.8 Å². The zero-order chi connectivity index (χ0) is 4.28. The van der Waals surface area contributed by atoms with Crippen LogP contribution in [0.4, 0.5) is 0 Å². The standard InChI is InChI=1S/C4H10O.3BrH.Ti/c1-4(2)3-5;;;;/h4-5H,3H2,1-2H3;3*1H;. The third-order valence-electron chi connectivity index (χ3n) is 0.365. The van der Waals surface area contributed by atoms with E-state index in [0.717, 1.165) is 0 Å². The van der Waals surface area contributed by atoms with Crippen molar-refractivity contribution in [1.29, 1.82) is 0 Å². The van der Waals surface area contributed by atoms with Crippen LogP contribution >= 0.6 is 50.9 Å². The maximum atomic E-state index is 8.14.